The van der Waals surface area contributed by atoms with Crippen molar-refractivity contribution in [1.29, 1.82) is 0 Å². The molecule has 0 heterocycles. The number of hydrogen-bond acceptors (Lipinski definition) is 5. The van der Waals surface area contributed by atoms with Gasteiger partial charge in [0, 0.05) is 12.1 Å². The Bertz CT molecular complexity index is 873. The molecule has 0 saturated carbocycles. The number of non-ortho nitro benzene ring substituents is 1. The van der Waals surface area contributed by atoms with Gasteiger partial charge in [-0.3, -0.25) is 14.9 Å². The van der Waals surface area contributed by atoms with Gasteiger partial charge in [0.15, 0.2) is 6.10 Å². The van der Waals surface area contributed by atoms with Crippen LogP contribution in [-0.4, -0.2) is 22.9 Å². The minimum Gasteiger partial charge on any atom is -0.449 e. The Labute approximate surface area is 159 Å². The number of esters is 1. The molecule has 1 N–H and O–H groups in total. The molecular weight excluding hydrogens is 379 g/mol. The van der Waals surface area contributed by atoms with E-state index in [-0.39, 0.29) is 16.3 Å². The van der Waals surface area contributed by atoms with Gasteiger partial charge in [0.05, 0.1) is 21.6 Å². The molecule has 0 spiro atoms. The van der Waals surface area contributed by atoms with Crippen molar-refractivity contribution in [1.82, 2.24) is 5.32 Å². The van der Waals surface area contributed by atoms with E-state index in [1.54, 1.807) is 6.92 Å². The minimum absolute atomic E-state index is 0.0297. The summed E-state index contributed by atoms with van der Waals surface area (Å²) >= 11 is 5.88. The molecule has 0 aliphatic heterocycles. The lowest BCUT2D eigenvalue weighted by atomic mass is 10.1. The summed E-state index contributed by atoms with van der Waals surface area (Å²) in [6.45, 7) is 3.05. The molecule has 0 unspecified atom stereocenters. The number of hydrogen-bond donors (Lipinski definition) is 1. The summed E-state index contributed by atoms with van der Waals surface area (Å²) in [5.41, 5.74) is 0.135. The summed E-state index contributed by atoms with van der Waals surface area (Å²) in [4.78, 5) is 34.6. The van der Waals surface area contributed by atoms with Crippen LogP contribution in [-0.2, 0) is 9.53 Å². The van der Waals surface area contributed by atoms with E-state index < -0.39 is 34.8 Å². The van der Waals surface area contributed by atoms with Crippen LogP contribution in [0.3, 0.4) is 0 Å². The number of ether oxygens (including phenoxy) is 1. The van der Waals surface area contributed by atoms with Gasteiger partial charge in [-0.25, -0.2) is 9.18 Å². The van der Waals surface area contributed by atoms with Crippen LogP contribution in [0, 0.1) is 15.9 Å². The average Bonchev–Trinajstić information content (AvgIpc) is 2.62. The fourth-order valence-corrected chi connectivity index (χ4v) is 2.42. The van der Waals surface area contributed by atoms with E-state index >= 15 is 0 Å². The first-order valence-corrected chi connectivity index (χ1v) is 8.27. The van der Waals surface area contributed by atoms with E-state index in [0.717, 1.165) is 12.1 Å². The third-order valence-electron chi connectivity index (χ3n) is 3.76. The van der Waals surface area contributed by atoms with Gasteiger partial charge in [0.25, 0.3) is 11.6 Å². The highest BCUT2D eigenvalue weighted by Crippen LogP contribution is 2.23. The van der Waals surface area contributed by atoms with Gasteiger partial charge in [0.2, 0.25) is 0 Å². The molecular formula is C18H16ClFN2O5. The van der Waals surface area contributed by atoms with Crippen molar-refractivity contribution in [2.75, 3.05) is 0 Å². The van der Waals surface area contributed by atoms with Gasteiger partial charge in [-0.15, -0.1) is 0 Å². The Kier molecular flexibility index (Phi) is 6.46. The van der Waals surface area contributed by atoms with Gasteiger partial charge in [-0.05, 0) is 37.6 Å². The van der Waals surface area contributed by atoms with Crippen LogP contribution in [0.2, 0.25) is 5.02 Å². The number of nitrogens with one attached hydrogen (secondary N) is 1. The zero-order valence-corrected chi connectivity index (χ0v) is 15.2. The smallest absolute Gasteiger partial charge is 0.340 e. The van der Waals surface area contributed by atoms with E-state index in [0.29, 0.717) is 5.56 Å². The predicted octanol–water partition coefficient (Wildman–Crippen LogP) is 3.81. The number of amides is 1. The average molecular weight is 395 g/mol. The number of benzene rings is 2. The SMILES string of the molecule is C[C@H](NC(=O)[C@@H](C)OC(=O)c1cc([N+](=O)[O-])ccc1Cl)c1ccc(F)cc1. The zero-order chi connectivity index (χ0) is 20.1. The molecule has 0 saturated heterocycles. The molecule has 2 rings (SSSR count). The second-order valence-electron chi connectivity index (χ2n) is 5.75. The van der Waals surface area contributed by atoms with Crippen molar-refractivity contribution in [3.63, 3.8) is 0 Å². The molecule has 0 aliphatic carbocycles. The van der Waals surface area contributed by atoms with Crippen molar-refractivity contribution in [2.45, 2.75) is 26.0 Å². The molecule has 2 atom stereocenters. The second kappa shape index (κ2) is 8.59. The Balaban J connectivity index is 2.03. The van der Waals surface area contributed by atoms with Crippen molar-refractivity contribution in [3.05, 3.63) is 74.5 Å². The Morgan fingerprint density at radius 2 is 1.81 bits per heavy atom. The van der Waals surface area contributed by atoms with Gasteiger partial charge >= 0.3 is 5.97 Å². The topological polar surface area (TPSA) is 98.5 Å². The van der Waals surface area contributed by atoms with Gasteiger partial charge in [0.1, 0.15) is 5.82 Å². The third-order valence-corrected chi connectivity index (χ3v) is 4.09. The highest BCUT2D eigenvalue weighted by atomic mass is 35.5. The van der Waals surface area contributed by atoms with Crippen molar-refractivity contribution >= 4 is 29.2 Å². The third kappa shape index (κ3) is 5.24. The quantitative estimate of drug-likeness (QED) is 0.456. The molecule has 2 aromatic rings. The molecule has 0 aromatic heterocycles. The zero-order valence-electron chi connectivity index (χ0n) is 14.4. The van der Waals surface area contributed by atoms with Crippen LogP contribution in [0.15, 0.2) is 42.5 Å². The molecule has 0 radical (unpaired) electrons. The molecule has 0 fully saturated rings. The summed E-state index contributed by atoms with van der Waals surface area (Å²) in [7, 11) is 0. The van der Waals surface area contributed by atoms with Crippen LogP contribution in [0.4, 0.5) is 10.1 Å². The van der Waals surface area contributed by atoms with Crippen molar-refractivity contribution < 1.29 is 23.6 Å². The van der Waals surface area contributed by atoms with Crippen LogP contribution < -0.4 is 5.32 Å². The maximum atomic E-state index is 13.0. The number of nitro benzene ring substituents is 1. The number of carbonyl (C=O) groups is 2. The number of halogens is 2. The maximum absolute atomic E-state index is 13.0. The number of nitro groups is 1. The molecule has 2 aromatic carbocycles. The maximum Gasteiger partial charge on any atom is 0.340 e. The van der Waals surface area contributed by atoms with Crippen LogP contribution >= 0.6 is 11.6 Å². The fraction of sp³-hybridized carbons (Fsp3) is 0.222. The summed E-state index contributed by atoms with van der Waals surface area (Å²) in [6.07, 6.45) is -1.17. The van der Waals surface area contributed by atoms with Gasteiger partial charge in [-0.1, -0.05) is 23.7 Å². The monoisotopic (exact) mass is 394 g/mol. The van der Waals surface area contributed by atoms with E-state index in [1.165, 1.54) is 37.3 Å². The minimum atomic E-state index is -1.17. The Hall–Kier alpha value is -3.00. The van der Waals surface area contributed by atoms with E-state index in [2.05, 4.69) is 5.32 Å². The molecule has 142 valence electrons. The largest absolute Gasteiger partial charge is 0.449 e. The highest BCUT2D eigenvalue weighted by molar-refractivity contribution is 6.33. The summed E-state index contributed by atoms with van der Waals surface area (Å²) in [5.74, 6) is -1.93. The highest BCUT2D eigenvalue weighted by Gasteiger charge is 2.23. The summed E-state index contributed by atoms with van der Waals surface area (Å²) in [6, 6.07) is 8.49. The number of nitrogens with zero attached hydrogens (tertiary/aromatic N) is 1. The van der Waals surface area contributed by atoms with Gasteiger partial charge < -0.3 is 10.1 Å². The lowest BCUT2D eigenvalue weighted by Crippen LogP contribution is -2.37. The van der Waals surface area contributed by atoms with Gasteiger partial charge in [-0.2, -0.15) is 0 Å². The standard InChI is InChI=1S/C18H16ClFN2O5/c1-10(12-3-5-13(20)6-4-12)21-17(23)11(2)27-18(24)15-9-14(22(25)26)7-8-16(15)19/h3-11H,1-2H3,(H,21,23)/t10-,11+/m0/s1. The fourth-order valence-electron chi connectivity index (χ4n) is 2.23. The Morgan fingerprint density at radius 3 is 2.41 bits per heavy atom. The van der Waals surface area contributed by atoms with Crippen LogP contribution in [0.1, 0.15) is 35.8 Å². The second-order valence-corrected chi connectivity index (χ2v) is 6.16. The molecule has 0 aliphatic rings. The first-order valence-electron chi connectivity index (χ1n) is 7.89. The van der Waals surface area contributed by atoms with Crippen LogP contribution in [0.25, 0.3) is 0 Å². The number of carbonyl (C=O) groups excluding carboxylic acids is 2. The van der Waals surface area contributed by atoms with E-state index in [9.17, 15) is 24.1 Å². The Morgan fingerprint density at radius 1 is 1.19 bits per heavy atom. The lowest BCUT2D eigenvalue weighted by molar-refractivity contribution is -0.384. The van der Waals surface area contributed by atoms with E-state index in [4.69, 9.17) is 16.3 Å². The molecule has 9 heteroatoms. The molecule has 27 heavy (non-hydrogen) atoms. The molecule has 1 amide bonds. The summed E-state index contributed by atoms with van der Waals surface area (Å²) < 4.78 is 18.0. The summed E-state index contributed by atoms with van der Waals surface area (Å²) in [5, 5.41) is 13.4. The number of rotatable bonds is 6. The van der Waals surface area contributed by atoms with Crippen molar-refractivity contribution in [3.8, 4) is 0 Å². The first kappa shape index (κ1) is 20.3. The van der Waals surface area contributed by atoms with E-state index in [1.807, 2.05) is 0 Å². The molecule has 7 nitrogen and oxygen atoms in total. The first-order chi connectivity index (χ1) is 12.7. The lowest BCUT2D eigenvalue weighted by Gasteiger charge is -2.18. The predicted molar refractivity (Wildman–Crippen MR) is 95.9 cm³/mol. The normalized spacial score (nSPS) is 12.7. The molecule has 0 bridgehead atoms. The van der Waals surface area contributed by atoms with Crippen LogP contribution in [0.5, 0.6) is 0 Å². The van der Waals surface area contributed by atoms with Crippen molar-refractivity contribution in [2.24, 2.45) is 0 Å².